The average molecular weight is 226 g/mol. The summed E-state index contributed by atoms with van der Waals surface area (Å²) in [5.74, 6) is -11.0. The summed E-state index contributed by atoms with van der Waals surface area (Å²) >= 11 is 0. The van der Waals surface area contributed by atoms with Gasteiger partial charge in [0.05, 0.1) is 0 Å². The molecule has 0 bridgehead atoms. The van der Waals surface area contributed by atoms with Gasteiger partial charge in [-0.1, -0.05) is 0 Å². The van der Waals surface area contributed by atoms with Gasteiger partial charge in [-0.05, 0) is 6.92 Å². The summed E-state index contributed by atoms with van der Waals surface area (Å²) in [6.07, 6.45) is -5.78. The molecule has 0 aliphatic rings. The van der Waals surface area contributed by atoms with Gasteiger partial charge in [0.25, 0.3) is 0 Å². The van der Waals surface area contributed by atoms with E-state index in [-0.39, 0.29) is 6.61 Å². The second-order valence-corrected chi connectivity index (χ2v) is 2.46. The second-order valence-electron chi connectivity index (χ2n) is 2.46. The fourth-order valence-electron chi connectivity index (χ4n) is 0.541. The van der Waals surface area contributed by atoms with Crippen molar-refractivity contribution in [3.05, 3.63) is 0 Å². The Morgan fingerprint density at radius 3 is 1.79 bits per heavy atom. The van der Waals surface area contributed by atoms with Crippen molar-refractivity contribution >= 4 is 0 Å². The molecular weight excluding hydrogens is 218 g/mol. The number of hydrogen-bond donors (Lipinski definition) is 1. The third-order valence-electron chi connectivity index (χ3n) is 1.32. The number of alkyl halides is 6. The highest BCUT2D eigenvalue weighted by molar-refractivity contribution is 4.90. The van der Waals surface area contributed by atoms with Gasteiger partial charge in [0, 0.05) is 6.61 Å². The van der Waals surface area contributed by atoms with E-state index in [1.165, 1.54) is 6.92 Å². The number of hydrogen-bond acceptors (Lipinski definition) is 2. The monoisotopic (exact) mass is 226 g/mol. The van der Waals surface area contributed by atoms with Crippen molar-refractivity contribution in [3.63, 3.8) is 0 Å². The molecule has 2 nitrogen and oxygen atoms in total. The third kappa shape index (κ3) is 2.50. The molecule has 0 fully saturated rings. The molecule has 86 valence electrons. The molecule has 0 atom stereocenters. The highest BCUT2D eigenvalue weighted by Crippen LogP contribution is 2.44. The van der Waals surface area contributed by atoms with Crippen LogP contribution in [0.4, 0.5) is 26.3 Å². The molecule has 0 unspecified atom stereocenters. The zero-order chi connectivity index (χ0) is 11.6. The first-order valence-corrected chi connectivity index (χ1v) is 3.50. The summed E-state index contributed by atoms with van der Waals surface area (Å²) in [5, 5.41) is 7.56. The van der Waals surface area contributed by atoms with E-state index in [2.05, 4.69) is 4.74 Å². The summed E-state index contributed by atoms with van der Waals surface area (Å²) < 4.78 is 76.4. The molecule has 14 heavy (non-hydrogen) atoms. The Morgan fingerprint density at radius 1 is 1.07 bits per heavy atom. The highest BCUT2D eigenvalue weighted by atomic mass is 19.3. The van der Waals surface area contributed by atoms with Crippen LogP contribution in [0.15, 0.2) is 0 Å². The molecule has 0 aromatic carbocycles. The van der Waals surface area contributed by atoms with Crippen LogP contribution in [-0.2, 0) is 4.74 Å². The number of ether oxygens (including phenoxy) is 1. The van der Waals surface area contributed by atoms with Crippen LogP contribution in [-0.4, -0.2) is 36.3 Å². The van der Waals surface area contributed by atoms with Gasteiger partial charge in [-0.2, -0.15) is 26.3 Å². The number of halogens is 6. The molecular formula is C6H8F6O2. The molecule has 0 aromatic heterocycles. The van der Waals surface area contributed by atoms with Gasteiger partial charge < -0.3 is 9.84 Å². The van der Waals surface area contributed by atoms with Gasteiger partial charge in [0.15, 0.2) is 0 Å². The molecule has 8 heteroatoms. The Kier molecular flexibility index (Phi) is 3.79. The van der Waals surface area contributed by atoms with Crippen LogP contribution in [0.2, 0.25) is 0 Å². The minimum atomic E-state index is -5.85. The van der Waals surface area contributed by atoms with Crippen LogP contribution in [0.1, 0.15) is 6.92 Å². The number of aliphatic hydroxyl groups is 1. The molecule has 0 amide bonds. The average Bonchev–Trinajstić information content (AvgIpc) is 1.98. The van der Waals surface area contributed by atoms with Gasteiger partial charge in [0.2, 0.25) is 0 Å². The maximum absolute atomic E-state index is 12.4. The van der Waals surface area contributed by atoms with Crippen LogP contribution in [0.3, 0.4) is 0 Å². The van der Waals surface area contributed by atoms with E-state index in [1.807, 2.05) is 0 Å². The van der Waals surface area contributed by atoms with E-state index in [0.717, 1.165) is 0 Å². The maximum Gasteiger partial charge on any atom is 0.423 e. The Labute approximate surface area is 75.5 Å². The largest absolute Gasteiger partial charge is 0.423 e. The van der Waals surface area contributed by atoms with E-state index >= 15 is 0 Å². The maximum atomic E-state index is 12.4. The lowest BCUT2D eigenvalue weighted by molar-refractivity contribution is -0.388. The predicted molar refractivity (Wildman–Crippen MR) is 33.6 cm³/mol. The third-order valence-corrected chi connectivity index (χ3v) is 1.32. The fourth-order valence-corrected chi connectivity index (χ4v) is 0.541. The van der Waals surface area contributed by atoms with Gasteiger partial charge in [-0.25, -0.2) is 0 Å². The molecule has 1 N–H and O–H groups in total. The Morgan fingerprint density at radius 2 is 1.50 bits per heavy atom. The zero-order valence-electron chi connectivity index (χ0n) is 7.04. The van der Waals surface area contributed by atoms with E-state index in [0.29, 0.717) is 0 Å². The molecule has 0 saturated heterocycles. The first-order chi connectivity index (χ1) is 6.06. The summed E-state index contributed by atoms with van der Waals surface area (Å²) in [5.41, 5.74) is 0. The summed E-state index contributed by atoms with van der Waals surface area (Å²) in [6, 6.07) is 0. The first-order valence-electron chi connectivity index (χ1n) is 3.50. The van der Waals surface area contributed by atoms with Gasteiger partial charge in [-0.3, -0.25) is 0 Å². The van der Waals surface area contributed by atoms with Crippen molar-refractivity contribution in [2.75, 3.05) is 13.2 Å². The zero-order valence-corrected chi connectivity index (χ0v) is 7.04. The first kappa shape index (κ1) is 13.5. The van der Waals surface area contributed by atoms with E-state index in [1.54, 1.807) is 0 Å². The van der Waals surface area contributed by atoms with Crippen molar-refractivity contribution in [2.24, 2.45) is 0 Å². The Balaban J connectivity index is 4.69. The van der Waals surface area contributed by atoms with Gasteiger partial charge >= 0.3 is 18.0 Å². The minimum Gasteiger partial charge on any atom is -0.375 e. The summed E-state index contributed by atoms with van der Waals surface area (Å²) in [7, 11) is 0. The van der Waals surface area contributed by atoms with E-state index in [9.17, 15) is 26.3 Å². The van der Waals surface area contributed by atoms with Crippen molar-refractivity contribution in [1.82, 2.24) is 0 Å². The summed E-state index contributed by atoms with van der Waals surface area (Å²) in [4.78, 5) is 0. The van der Waals surface area contributed by atoms with E-state index in [4.69, 9.17) is 5.11 Å². The molecule has 0 rings (SSSR count). The van der Waals surface area contributed by atoms with Crippen molar-refractivity contribution < 1.29 is 36.2 Å². The van der Waals surface area contributed by atoms with Crippen molar-refractivity contribution in [2.45, 2.75) is 24.9 Å². The van der Waals surface area contributed by atoms with Crippen LogP contribution in [0, 0.1) is 0 Å². The smallest absolute Gasteiger partial charge is 0.375 e. The molecule has 0 aliphatic heterocycles. The topological polar surface area (TPSA) is 29.5 Å². The van der Waals surface area contributed by atoms with Crippen LogP contribution in [0.5, 0.6) is 0 Å². The Hall–Kier alpha value is -0.500. The van der Waals surface area contributed by atoms with E-state index < -0.39 is 24.6 Å². The molecule has 0 aliphatic carbocycles. The standard InChI is InChI=1S/C6H8F6O2/c1-2-14-3-4(7,8)5(9,10)6(11,12)13/h13H,2-3H2,1H3. The SMILES string of the molecule is CCOCC(F)(F)C(F)(F)C(O)(F)F. The minimum absolute atomic E-state index is 0.331. The quantitative estimate of drug-likeness (QED) is 0.725. The normalized spacial score (nSPS) is 14.6. The molecule has 0 saturated carbocycles. The number of rotatable bonds is 5. The fraction of sp³-hybridized carbons (Fsp3) is 1.00. The lowest BCUT2D eigenvalue weighted by Crippen LogP contribution is -2.56. The van der Waals surface area contributed by atoms with Crippen LogP contribution in [0.25, 0.3) is 0 Å². The van der Waals surface area contributed by atoms with Crippen molar-refractivity contribution in [1.29, 1.82) is 0 Å². The molecule has 0 radical (unpaired) electrons. The summed E-state index contributed by atoms with van der Waals surface area (Å²) in [6.45, 7) is -0.985. The second kappa shape index (κ2) is 3.93. The highest BCUT2D eigenvalue weighted by Gasteiger charge is 2.71. The predicted octanol–water partition coefficient (Wildman–Crippen LogP) is 1.88. The molecule has 0 aromatic rings. The Bertz CT molecular complexity index is 187. The molecule has 0 spiro atoms. The lowest BCUT2D eigenvalue weighted by Gasteiger charge is -2.28. The van der Waals surface area contributed by atoms with Crippen LogP contribution < -0.4 is 0 Å². The van der Waals surface area contributed by atoms with Gasteiger partial charge in [0.1, 0.15) is 6.61 Å². The van der Waals surface area contributed by atoms with Crippen LogP contribution >= 0.6 is 0 Å². The molecule has 0 heterocycles. The van der Waals surface area contributed by atoms with Gasteiger partial charge in [-0.15, -0.1) is 0 Å². The lowest BCUT2D eigenvalue weighted by atomic mass is 10.1. The van der Waals surface area contributed by atoms with Crippen molar-refractivity contribution in [3.8, 4) is 0 Å².